The maximum atomic E-state index is 13.7. The fourth-order valence-corrected chi connectivity index (χ4v) is 1.82. The smallest absolute Gasteiger partial charge is 0.258 e. The van der Waals surface area contributed by atoms with E-state index in [0.29, 0.717) is 11.4 Å². The van der Waals surface area contributed by atoms with Gasteiger partial charge in [0, 0.05) is 0 Å². The number of hydrogen-bond acceptors (Lipinski definition) is 3. The number of nitrogen functional groups attached to an aromatic ring is 1. The topological polar surface area (TPSA) is 68.0 Å². The molecule has 1 aromatic carbocycles. The molecule has 0 saturated carbocycles. The third-order valence-electron chi connectivity index (χ3n) is 2.61. The standard InChI is InChI=1S/C13H10ClF2N3O/c1-6-10(2-3-11(14)18-6)19-13(20)8-4-7(15)5-9(17)12(8)16/h2-5H,17H2,1H3,(H,19,20). The molecule has 0 unspecified atom stereocenters. The summed E-state index contributed by atoms with van der Waals surface area (Å²) in [4.78, 5) is 15.9. The zero-order valence-electron chi connectivity index (χ0n) is 10.4. The monoisotopic (exact) mass is 297 g/mol. The quantitative estimate of drug-likeness (QED) is 0.661. The molecule has 3 N–H and O–H groups in total. The molecule has 7 heteroatoms. The van der Waals surface area contributed by atoms with Gasteiger partial charge in [0.1, 0.15) is 11.0 Å². The average Bonchev–Trinajstić information content (AvgIpc) is 2.37. The number of carbonyl (C=O) groups is 1. The lowest BCUT2D eigenvalue weighted by Crippen LogP contribution is -2.16. The number of rotatable bonds is 2. The van der Waals surface area contributed by atoms with Crippen LogP contribution in [-0.2, 0) is 0 Å². The van der Waals surface area contributed by atoms with Gasteiger partial charge in [-0.2, -0.15) is 0 Å². The Hall–Kier alpha value is -2.21. The summed E-state index contributed by atoms with van der Waals surface area (Å²) in [5.74, 6) is -2.58. The molecule has 1 heterocycles. The van der Waals surface area contributed by atoms with Crippen molar-refractivity contribution in [3.63, 3.8) is 0 Å². The first-order valence-corrected chi connectivity index (χ1v) is 5.95. The highest BCUT2D eigenvalue weighted by Gasteiger charge is 2.17. The normalized spacial score (nSPS) is 10.4. The van der Waals surface area contributed by atoms with Gasteiger partial charge < -0.3 is 11.1 Å². The van der Waals surface area contributed by atoms with Crippen LogP contribution in [0.15, 0.2) is 24.3 Å². The largest absolute Gasteiger partial charge is 0.396 e. The van der Waals surface area contributed by atoms with Crippen LogP contribution in [0.4, 0.5) is 20.2 Å². The van der Waals surface area contributed by atoms with E-state index in [1.807, 2.05) is 0 Å². The summed E-state index contributed by atoms with van der Waals surface area (Å²) in [5.41, 5.74) is 5.18. The Kier molecular flexibility index (Phi) is 3.85. The number of nitrogens with zero attached hydrogens (tertiary/aromatic N) is 1. The number of aryl methyl sites for hydroxylation is 1. The number of carbonyl (C=O) groups excluding carboxylic acids is 1. The van der Waals surface area contributed by atoms with Crippen molar-refractivity contribution < 1.29 is 13.6 Å². The van der Waals surface area contributed by atoms with E-state index in [2.05, 4.69) is 10.3 Å². The van der Waals surface area contributed by atoms with Crippen molar-refractivity contribution in [1.82, 2.24) is 4.98 Å². The fourth-order valence-electron chi connectivity index (χ4n) is 1.63. The Balaban J connectivity index is 2.33. The first kappa shape index (κ1) is 14.2. The molecule has 0 spiro atoms. The second-order valence-electron chi connectivity index (χ2n) is 4.08. The van der Waals surface area contributed by atoms with Crippen LogP contribution in [0.2, 0.25) is 5.15 Å². The molecule has 104 valence electrons. The van der Waals surface area contributed by atoms with E-state index in [4.69, 9.17) is 17.3 Å². The van der Waals surface area contributed by atoms with E-state index in [0.717, 1.165) is 12.1 Å². The maximum Gasteiger partial charge on any atom is 0.258 e. The van der Waals surface area contributed by atoms with Gasteiger partial charge in [0.05, 0.1) is 22.6 Å². The van der Waals surface area contributed by atoms with Crippen molar-refractivity contribution >= 4 is 28.9 Å². The van der Waals surface area contributed by atoms with E-state index in [1.54, 1.807) is 6.92 Å². The summed E-state index contributed by atoms with van der Waals surface area (Å²) in [6.07, 6.45) is 0. The second kappa shape index (κ2) is 5.42. The number of pyridine rings is 1. The van der Waals surface area contributed by atoms with Crippen molar-refractivity contribution in [2.24, 2.45) is 0 Å². The zero-order chi connectivity index (χ0) is 14.9. The third kappa shape index (κ3) is 2.85. The minimum absolute atomic E-state index is 0.265. The molecule has 1 aromatic heterocycles. The van der Waals surface area contributed by atoms with Crippen LogP contribution in [0, 0.1) is 18.6 Å². The molecule has 1 amide bonds. The molecule has 0 bridgehead atoms. The van der Waals surface area contributed by atoms with Gasteiger partial charge in [-0.25, -0.2) is 13.8 Å². The van der Waals surface area contributed by atoms with E-state index < -0.39 is 28.8 Å². The van der Waals surface area contributed by atoms with Crippen molar-refractivity contribution in [3.05, 3.63) is 52.3 Å². The number of benzene rings is 1. The molecule has 2 rings (SSSR count). The van der Waals surface area contributed by atoms with Crippen molar-refractivity contribution in [3.8, 4) is 0 Å². The number of aromatic nitrogens is 1. The number of hydrogen-bond donors (Lipinski definition) is 2. The Morgan fingerprint density at radius 3 is 2.70 bits per heavy atom. The van der Waals surface area contributed by atoms with Gasteiger partial charge in [-0.1, -0.05) is 11.6 Å². The van der Waals surface area contributed by atoms with E-state index >= 15 is 0 Å². The highest BCUT2D eigenvalue weighted by Crippen LogP contribution is 2.20. The van der Waals surface area contributed by atoms with Crippen LogP contribution < -0.4 is 11.1 Å². The summed E-state index contributed by atoms with van der Waals surface area (Å²) in [6, 6.07) is 4.57. The number of anilines is 2. The number of nitrogens with one attached hydrogen (secondary N) is 1. The number of halogens is 3. The molecular formula is C13H10ClF2N3O. The minimum Gasteiger partial charge on any atom is -0.396 e. The second-order valence-corrected chi connectivity index (χ2v) is 4.46. The highest BCUT2D eigenvalue weighted by molar-refractivity contribution is 6.29. The summed E-state index contributed by atoms with van der Waals surface area (Å²) in [6.45, 7) is 1.62. The van der Waals surface area contributed by atoms with Crippen LogP contribution in [0.1, 0.15) is 16.1 Å². The minimum atomic E-state index is -0.969. The lowest BCUT2D eigenvalue weighted by atomic mass is 10.1. The molecule has 0 aliphatic rings. The van der Waals surface area contributed by atoms with Gasteiger partial charge in [0.15, 0.2) is 5.82 Å². The van der Waals surface area contributed by atoms with Gasteiger partial charge in [0.2, 0.25) is 0 Å². The van der Waals surface area contributed by atoms with Gasteiger partial charge in [-0.15, -0.1) is 0 Å². The molecule has 0 saturated heterocycles. The van der Waals surface area contributed by atoms with Crippen molar-refractivity contribution in [2.75, 3.05) is 11.1 Å². The van der Waals surface area contributed by atoms with Crippen LogP contribution in [0.3, 0.4) is 0 Å². The first-order valence-electron chi connectivity index (χ1n) is 5.57. The Bertz CT molecular complexity index is 692. The van der Waals surface area contributed by atoms with Gasteiger partial charge in [0.25, 0.3) is 5.91 Å². The van der Waals surface area contributed by atoms with Crippen LogP contribution in [-0.4, -0.2) is 10.9 Å². The number of nitrogens with two attached hydrogens (primary N) is 1. The molecule has 0 fully saturated rings. The summed E-state index contributed by atoms with van der Waals surface area (Å²) >= 11 is 5.69. The lowest BCUT2D eigenvalue weighted by molar-refractivity contribution is 0.102. The van der Waals surface area contributed by atoms with Gasteiger partial charge in [-0.3, -0.25) is 4.79 Å². The molecule has 0 aliphatic carbocycles. The molecule has 0 atom stereocenters. The fraction of sp³-hybridized carbons (Fsp3) is 0.0769. The van der Waals surface area contributed by atoms with Crippen LogP contribution in [0.25, 0.3) is 0 Å². The van der Waals surface area contributed by atoms with Gasteiger partial charge >= 0.3 is 0 Å². The molecule has 20 heavy (non-hydrogen) atoms. The van der Waals surface area contributed by atoms with Crippen LogP contribution >= 0.6 is 11.6 Å². The van der Waals surface area contributed by atoms with E-state index in [-0.39, 0.29) is 5.15 Å². The summed E-state index contributed by atoms with van der Waals surface area (Å²) in [5, 5.41) is 2.69. The Labute approximate surface area is 118 Å². The van der Waals surface area contributed by atoms with Crippen LogP contribution in [0.5, 0.6) is 0 Å². The first-order chi connectivity index (χ1) is 9.38. The van der Waals surface area contributed by atoms with E-state index in [9.17, 15) is 13.6 Å². The van der Waals surface area contributed by atoms with Crippen molar-refractivity contribution in [1.29, 1.82) is 0 Å². The third-order valence-corrected chi connectivity index (χ3v) is 2.82. The summed E-state index contributed by atoms with van der Waals surface area (Å²) in [7, 11) is 0. The summed E-state index contributed by atoms with van der Waals surface area (Å²) < 4.78 is 26.9. The lowest BCUT2D eigenvalue weighted by Gasteiger charge is -2.09. The predicted octanol–water partition coefficient (Wildman–Crippen LogP) is 3.16. The Morgan fingerprint density at radius 2 is 2.05 bits per heavy atom. The average molecular weight is 298 g/mol. The maximum absolute atomic E-state index is 13.7. The van der Waals surface area contributed by atoms with E-state index in [1.165, 1.54) is 12.1 Å². The number of amides is 1. The molecule has 0 radical (unpaired) electrons. The molecule has 0 aliphatic heterocycles. The SMILES string of the molecule is Cc1nc(Cl)ccc1NC(=O)c1cc(F)cc(N)c1F. The molecule has 4 nitrogen and oxygen atoms in total. The van der Waals surface area contributed by atoms with Gasteiger partial charge in [-0.05, 0) is 31.2 Å². The Morgan fingerprint density at radius 1 is 1.35 bits per heavy atom. The highest BCUT2D eigenvalue weighted by atomic mass is 35.5. The van der Waals surface area contributed by atoms with Crippen molar-refractivity contribution in [2.45, 2.75) is 6.92 Å². The molecule has 2 aromatic rings. The predicted molar refractivity (Wildman–Crippen MR) is 72.7 cm³/mol. The zero-order valence-corrected chi connectivity index (χ0v) is 11.1. The molecular weight excluding hydrogens is 288 g/mol.